The molecule has 5 rings (SSSR count). The Morgan fingerprint density at radius 2 is 1.26 bits per heavy atom. The molecule has 0 atom stereocenters. The van der Waals surface area contributed by atoms with Gasteiger partial charge in [0.05, 0.1) is 23.7 Å². The summed E-state index contributed by atoms with van der Waals surface area (Å²) in [5, 5.41) is 11.5. The van der Waals surface area contributed by atoms with Gasteiger partial charge in [-0.3, -0.25) is 0 Å². The van der Waals surface area contributed by atoms with E-state index in [2.05, 4.69) is 15.4 Å². The highest BCUT2D eigenvalue weighted by molar-refractivity contribution is 5.74. The number of nitrogens with zero attached hydrogens (tertiary/aromatic N) is 5. The van der Waals surface area contributed by atoms with E-state index in [-0.39, 0.29) is 28.9 Å². The monoisotopic (exact) mass is 651 g/mol. The zero-order chi connectivity index (χ0) is 33.3. The van der Waals surface area contributed by atoms with Gasteiger partial charge < -0.3 is 9.64 Å². The third-order valence-corrected chi connectivity index (χ3v) is 6.74. The molecule has 0 fully saturated rings. The molecule has 0 saturated carbocycles. The summed E-state index contributed by atoms with van der Waals surface area (Å²) < 4.78 is 129. The van der Waals surface area contributed by atoms with Gasteiger partial charge in [0.25, 0.3) is 5.95 Å². The molecule has 15 heteroatoms. The standard InChI is InChI=1S/C31H22F9N5O/c1-44-42-28(41-43-44)45(17-19-13-22(30(35,36)37)16-23(14-19)31(38,39)40)18-20-15-21(29(32,33)34)11-12-25(20)26-9-5-6-10-27(26)46-24-7-3-2-4-8-24/h2-16H,17-18H2,1H3. The number of para-hydroxylation sites is 2. The van der Waals surface area contributed by atoms with Crippen molar-refractivity contribution in [1.82, 2.24) is 20.2 Å². The molecule has 6 nitrogen and oxygen atoms in total. The number of ether oxygens (including phenoxy) is 1. The first-order valence-corrected chi connectivity index (χ1v) is 13.4. The minimum absolute atomic E-state index is 0.00871. The second-order valence-corrected chi connectivity index (χ2v) is 10.1. The van der Waals surface area contributed by atoms with Crippen molar-refractivity contribution in [2.24, 2.45) is 7.05 Å². The van der Waals surface area contributed by atoms with E-state index in [1.807, 2.05) is 0 Å². The Morgan fingerprint density at radius 3 is 1.85 bits per heavy atom. The lowest BCUT2D eigenvalue weighted by Crippen LogP contribution is -2.25. The van der Waals surface area contributed by atoms with Crippen LogP contribution in [0.3, 0.4) is 0 Å². The fourth-order valence-corrected chi connectivity index (χ4v) is 4.69. The Kier molecular flexibility index (Phi) is 8.69. The quantitative estimate of drug-likeness (QED) is 0.157. The topological polar surface area (TPSA) is 56.1 Å². The number of hydrogen-bond acceptors (Lipinski definition) is 5. The van der Waals surface area contributed by atoms with E-state index < -0.39 is 53.9 Å². The van der Waals surface area contributed by atoms with Gasteiger partial charge in [0.2, 0.25) is 0 Å². The zero-order valence-corrected chi connectivity index (χ0v) is 23.6. The highest BCUT2D eigenvalue weighted by Crippen LogP contribution is 2.40. The van der Waals surface area contributed by atoms with Gasteiger partial charge >= 0.3 is 18.5 Å². The van der Waals surface area contributed by atoms with Crippen LogP contribution in [0, 0.1) is 0 Å². The minimum atomic E-state index is -5.11. The van der Waals surface area contributed by atoms with Crippen molar-refractivity contribution >= 4 is 5.95 Å². The Morgan fingerprint density at radius 1 is 0.652 bits per heavy atom. The average molecular weight is 652 g/mol. The summed E-state index contributed by atoms with van der Waals surface area (Å²) in [4.78, 5) is 2.13. The van der Waals surface area contributed by atoms with Crippen LogP contribution in [0.1, 0.15) is 27.8 Å². The molecule has 0 aliphatic rings. The molecule has 0 aliphatic carbocycles. The summed E-state index contributed by atoms with van der Waals surface area (Å²) in [6.07, 6.45) is -15.0. The maximum absolute atomic E-state index is 13.9. The van der Waals surface area contributed by atoms with Gasteiger partial charge in [-0.05, 0) is 70.4 Å². The van der Waals surface area contributed by atoms with Crippen LogP contribution in [-0.2, 0) is 38.7 Å². The number of anilines is 1. The lowest BCUT2D eigenvalue weighted by atomic mass is 9.95. The molecule has 0 bridgehead atoms. The molecule has 4 aromatic carbocycles. The molecule has 0 N–H and O–H groups in total. The largest absolute Gasteiger partial charge is 0.457 e. The SMILES string of the molecule is Cn1nnc(N(Cc2cc(C(F)(F)F)cc(C(F)(F)F)c2)Cc2cc(C(F)(F)F)ccc2-c2ccccc2Oc2ccccc2)n1. The van der Waals surface area contributed by atoms with Gasteiger partial charge in [-0.25, -0.2) is 0 Å². The number of aromatic nitrogens is 4. The number of halogens is 9. The predicted octanol–water partition coefficient (Wildman–Crippen LogP) is 8.93. The van der Waals surface area contributed by atoms with Crippen molar-refractivity contribution in [2.75, 3.05) is 4.90 Å². The molecule has 46 heavy (non-hydrogen) atoms. The van der Waals surface area contributed by atoms with E-state index >= 15 is 0 Å². The first-order chi connectivity index (χ1) is 21.6. The number of tetrazole rings is 1. The second kappa shape index (κ2) is 12.4. The molecule has 0 aliphatic heterocycles. The number of aryl methyl sites for hydroxylation is 1. The van der Waals surface area contributed by atoms with E-state index in [9.17, 15) is 39.5 Å². The summed E-state index contributed by atoms with van der Waals surface area (Å²) in [6.45, 7) is -1.11. The number of hydrogen-bond donors (Lipinski definition) is 0. The average Bonchev–Trinajstić information content (AvgIpc) is 3.42. The zero-order valence-electron chi connectivity index (χ0n) is 23.6. The Hall–Kier alpha value is -5.08. The third-order valence-electron chi connectivity index (χ3n) is 6.74. The smallest absolute Gasteiger partial charge is 0.416 e. The van der Waals surface area contributed by atoms with Crippen LogP contribution >= 0.6 is 0 Å². The summed E-state index contributed by atoms with van der Waals surface area (Å²) in [5.41, 5.74) is -3.91. The van der Waals surface area contributed by atoms with Crippen molar-refractivity contribution in [3.05, 3.63) is 119 Å². The molecule has 1 aromatic heterocycles. The van der Waals surface area contributed by atoms with Crippen molar-refractivity contribution in [2.45, 2.75) is 31.6 Å². The van der Waals surface area contributed by atoms with Gasteiger partial charge in [0, 0.05) is 18.7 Å². The van der Waals surface area contributed by atoms with Gasteiger partial charge in [0.1, 0.15) is 11.5 Å². The number of rotatable bonds is 8. The molecule has 0 unspecified atom stereocenters. The van der Waals surface area contributed by atoms with Crippen molar-refractivity contribution < 1.29 is 44.3 Å². The molecule has 0 spiro atoms. The molecular formula is C31H22F9N5O. The van der Waals surface area contributed by atoms with E-state index in [0.717, 1.165) is 21.8 Å². The number of benzene rings is 4. The Bertz CT molecular complexity index is 1780. The summed E-state index contributed by atoms with van der Waals surface area (Å²) >= 11 is 0. The van der Waals surface area contributed by atoms with Crippen LogP contribution in [0.2, 0.25) is 0 Å². The number of alkyl halides is 9. The molecule has 0 amide bonds. The summed E-state index contributed by atoms with van der Waals surface area (Å²) in [7, 11) is 1.37. The fourth-order valence-electron chi connectivity index (χ4n) is 4.69. The van der Waals surface area contributed by atoms with Gasteiger partial charge in [-0.1, -0.05) is 47.6 Å². The maximum Gasteiger partial charge on any atom is 0.416 e. The van der Waals surface area contributed by atoms with Gasteiger partial charge in [0.15, 0.2) is 0 Å². The van der Waals surface area contributed by atoms with Gasteiger partial charge in [-0.15, -0.1) is 5.10 Å². The van der Waals surface area contributed by atoms with Crippen molar-refractivity contribution in [1.29, 1.82) is 0 Å². The Balaban J connectivity index is 1.63. The summed E-state index contributed by atoms with van der Waals surface area (Å²) in [6, 6.07) is 19.1. The molecule has 1 heterocycles. The Labute approximate surface area is 255 Å². The highest BCUT2D eigenvalue weighted by Gasteiger charge is 2.37. The van der Waals surface area contributed by atoms with Crippen molar-refractivity contribution in [3.8, 4) is 22.6 Å². The van der Waals surface area contributed by atoms with Crippen molar-refractivity contribution in [3.63, 3.8) is 0 Å². The first kappa shape index (κ1) is 32.3. The normalized spacial score (nSPS) is 12.3. The predicted molar refractivity (Wildman–Crippen MR) is 149 cm³/mol. The minimum Gasteiger partial charge on any atom is -0.457 e. The summed E-state index contributed by atoms with van der Waals surface area (Å²) in [5.74, 6) is 0.482. The van der Waals surface area contributed by atoms with Gasteiger partial charge in [-0.2, -0.15) is 44.3 Å². The van der Waals surface area contributed by atoms with E-state index in [0.29, 0.717) is 23.4 Å². The molecule has 240 valence electrons. The van der Waals surface area contributed by atoms with Crippen LogP contribution in [0.5, 0.6) is 11.5 Å². The van der Waals surface area contributed by atoms with Crippen LogP contribution in [0.25, 0.3) is 11.1 Å². The van der Waals surface area contributed by atoms with E-state index in [1.165, 1.54) is 13.1 Å². The van der Waals surface area contributed by atoms with E-state index in [4.69, 9.17) is 4.74 Å². The molecular weight excluding hydrogens is 629 g/mol. The lowest BCUT2D eigenvalue weighted by molar-refractivity contribution is -0.143. The second-order valence-electron chi connectivity index (χ2n) is 10.1. The molecule has 0 radical (unpaired) electrons. The highest BCUT2D eigenvalue weighted by atomic mass is 19.4. The van der Waals surface area contributed by atoms with E-state index in [1.54, 1.807) is 54.6 Å². The maximum atomic E-state index is 13.9. The van der Waals surface area contributed by atoms with Crippen LogP contribution in [-0.4, -0.2) is 20.2 Å². The fraction of sp³-hybridized carbons (Fsp3) is 0.194. The first-order valence-electron chi connectivity index (χ1n) is 13.4. The molecule has 0 saturated heterocycles. The van der Waals surface area contributed by atoms with Crippen LogP contribution < -0.4 is 9.64 Å². The van der Waals surface area contributed by atoms with Crippen LogP contribution in [0.4, 0.5) is 45.5 Å². The third kappa shape index (κ3) is 7.58. The van der Waals surface area contributed by atoms with Crippen LogP contribution in [0.15, 0.2) is 91.0 Å². The lowest BCUT2D eigenvalue weighted by Gasteiger charge is -2.25. The molecule has 5 aromatic rings.